The van der Waals surface area contributed by atoms with Gasteiger partial charge in [-0.15, -0.1) is 0 Å². The summed E-state index contributed by atoms with van der Waals surface area (Å²) in [5.41, 5.74) is 2.04. The van der Waals surface area contributed by atoms with Crippen LogP contribution in [0.1, 0.15) is 16.7 Å². The van der Waals surface area contributed by atoms with Gasteiger partial charge < -0.3 is 9.63 Å². The van der Waals surface area contributed by atoms with Crippen LogP contribution in [0.4, 0.5) is 13.2 Å². The SMILES string of the molecule is Cc1ccccc1-c1ccc(-c2nc(-c3cccc(CO)c3)no2)cc1C(F)(F)F. The zero-order valence-corrected chi connectivity index (χ0v) is 15.9. The molecule has 0 saturated carbocycles. The molecule has 0 bridgehead atoms. The third-order valence-corrected chi connectivity index (χ3v) is 4.80. The summed E-state index contributed by atoms with van der Waals surface area (Å²) in [4.78, 5) is 4.24. The van der Waals surface area contributed by atoms with Crippen LogP contribution in [0, 0.1) is 6.92 Å². The maximum absolute atomic E-state index is 13.8. The number of aromatic nitrogens is 2. The molecule has 3 aromatic carbocycles. The summed E-state index contributed by atoms with van der Waals surface area (Å²) < 4.78 is 46.7. The van der Waals surface area contributed by atoms with Crippen molar-refractivity contribution in [3.63, 3.8) is 0 Å². The van der Waals surface area contributed by atoms with Crippen LogP contribution >= 0.6 is 0 Å². The van der Waals surface area contributed by atoms with Gasteiger partial charge in [-0.25, -0.2) is 0 Å². The molecule has 7 heteroatoms. The highest BCUT2D eigenvalue weighted by Crippen LogP contribution is 2.40. The zero-order chi connectivity index (χ0) is 21.3. The van der Waals surface area contributed by atoms with Crippen molar-refractivity contribution in [1.29, 1.82) is 0 Å². The van der Waals surface area contributed by atoms with Gasteiger partial charge in [0.2, 0.25) is 5.82 Å². The molecule has 0 saturated heterocycles. The molecule has 4 aromatic rings. The van der Waals surface area contributed by atoms with Gasteiger partial charge in [-0.1, -0.05) is 53.7 Å². The predicted molar refractivity (Wildman–Crippen MR) is 106 cm³/mol. The van der Waals surface area contributed by atoms with Crippen molar-refractivity contribution < 1.29 is 22.8 Å². The Morgan fingerprint density at radius 1 is 0.900 bits per heavy atom. The largest absolute Gasteiger partial charge is 0.417 e. The van der Waals surface area contributed by atoms with E-state index in [0.717, 1.165) is 11.6 Å². The first-order valence-electron chi connectivity index (χ1n) is 9.18. The minimum Gasteiger partial charge on any atom is -0.392 e. The van der Waals surface area contributed by atoms with Gasteiger partial charge in [0.1, 0.15) is 0 Å². The van der Waals surface area contributed by atoms with Gasteiger partial charge in [0.25, 0.3) is 5.89 Å². The van der Waals surface area contributed by atoms with Crippen molar-refractivity contribution >= 4 is 0 Å². The number of rotatable bonds is 4. The monoisotopic (exact) mass is 410 g/mol. The lowest BCUT2D eigenvalue weighted by Crippen LogP contribution is -2.08. The van der Waals surface area contributed by atoms with Crippen molar-refractivity contribution in [3.8, 4) is 34.0 Å². The number of alkyl halides is 3. The van der Waals surface area contributed by atoms with Crippen LogP contribution in [0.3, 0.4) is 0 Å². The fourth-order valence-electron chi connectivity index (χ4n) is 3.29. The van der Waals surface area contributed by atoms with E-state index >= 15 is 0 Å². The van der Waals surface area contributed by atoms with Gasteiger partial charge in [-0.05, 0) is 47.4 Å². The lowest BCUT2D eigenvalue weighted by Gasteiger charge is -2.15. The number of aliphatic hydroxyl groups is 1. The van der Waals surface area contributed by atoms with Gasteiger partial charge in [-0.2, -0.15) is 18.2 Å². The molecule has 0 aliphatic carbocycles. The summed E-state index contributed by atoms with van der Waals surface area (Å²) in [5, 5.41) is 13.1. The molecule has 1 heterocycles. The Balaban J connectivity index is 1.78. The fraction of sp³-hybridized carbons (Fsp3) is 0.130. The van der Waals surface area contributed by atoms with Gasteiger partial charge in [-0.3, -0.25) is 0 Å². The third kappa shape index (κ3) is 3.84. The summed E-state index contributed by atoms with van der Waals surface area (Å²) in [6.45, 7) is 1.63. The van der Waals surface area contributed by atoms with Crippen LogP contribution in [0.5, 0.6) is 0 Å². The van der Waals surface area contributed by atoms with Crippen LogP contribution < -0.4 is 0 Å². The molecule has 0 aliphatic heterocycles. The molecular weight excluding hydrogens is 393 g/mol. The molecule has 0 aliphatic rings. The standard InChI is InChI=1S/C23H17F3N2O2/c1-14-5-2-3-8-18(14)19-10-9-17(12-20(19)23(24,25)26)22-27-21(28-30-22)16-7-4-6-15(11-16)13-29/h2-12,29H,13H2,1H3. The van der Waals surface area contributed by atoms with Gasteiger partial charge in [0.05, 0.1) is 12.2 Å². The van der Waals surface area contributed by atoms with Crippen molar-refractivity contribution in [2.24, 2.45) is 0 Å². The fourth-order valence-corrected chi connectivity index (χ4v) is 3.29. The molecule has 30 heavy (non-hydrogen) atoms. The predicted octanol–water partition coefficient (Wildman–Crippen LogP) is 5.89. The Bertz CT molecular complexity index is 1200. The minimum absolute atomic E-state index is 0.0127. The Kier molecular flexibility index (Phi) is 5.13. The number of nitrogens with zero attached hydrogens (tertiary/aromatic N) is 2. The van der Waals surface area contributed by atoms with Crippen LogP contribution in [0.15, 0.2) is 71.3 Å². The molecule has 4 rings (SSSR count). The van der Waals surface area contributed by atoms with Crippen molar-refractivity contribution in [2.45, 2.75) is 19.7 Å². The van der Waals surface area contributed by atoms with Crippen LogP contribution in [-0.4, -0.2) is 15.2 Å². The van der Waals surface area contributed by atoms with E-state index in [1.165, 1.54) is 6.07 Å². The number of halogens is 3. The summed E-state index contributed by atoms with van der Waals surface area (Å²) in [6.07, 6.45) is -4.55. The first-order valence-corrected chi connectivity index (χ1v) is 9.18. The molecule has 1 aromatic heterocycles. The number of aliphatic hydroxyl groups excluding tert-OH is 1. The van der Waals surface area contributed by atoms with E-state index < -0.39 is 11.7 Å². The number of benzene rings is 3. The average molecular weight is 410 g/mol. The molecule has 0 radical (unpaired) electrons. The van der Waals surface area contributed by atoms with E-state index in [1.807, 2.05) is 0 Å². The quantitative estimate of drug-likeness (QED) is 0.456. The second-order valence-electron chi connectivity index (χ2n) is 6.85. The Hall–Kier alpha value is -3.45. The molecular formula is C23H17F3N2O2. The van der Waals surface area contributed by atoms with E-state index in [9.17, 15) is 18.3 Å². The highest BCUT2D eigenvalue weighted by molar-refractivity contribution is 5.74. The van der Waals surface area contributed by atoms with Crippen molar-refractivity contribution in [1.82, 2.24) is 10.1 Å². The van der Waals surface area contributed by atoms with Crippen LogP contribution in [0.25, 0.3) is 34.0 Å². The molecule has 0 atom stereocenters. The summed E-state index contributed by atoms with van der Waals surface area (Å²) in [5.74, 6) is 0.220. The smallest absolute Gasteiger partial charge is 0.392 e. The second kappa shape index (κ2) is 7.76. The van der Waals surface area contributed by atoms with Crippen LogP contribution in [0.2, 0.25) is 0 Å². The van der Waals surface area contributed by atoms with E-state index in [4.69, 9.17) is 4.52 Å². The maximum Gasteiger partial charge on any atom is 0.417 e. The van der Waals surface area contributed by atoms with E-state index in [0.29, 0.717) is 16.7 Å². The van der Waals surface area contributed by atoms with Gasteiger partial charge in [0, 0.05) is 11.1 Å². The van der Waals surface area contributed by atoms with E-state index in [1.54, 1.807) is 61.5 Å². The molecule has 0 unspecified atom stereocenters. The molecule has 0 amide bonds. The molecule has 4 nitrogen and oxygen atoms in total. The van der Waals surface area contributed by atoms with Gasteiger partial charge >= 0.3 is 6.18 Å². The lowest BCUT2D eigenvalue weighted by molar-refractivity contribution is -0.137. The highest BCUT2D eigenvalue weighted by atomic mass is 19.4. The lowest BCUT2D eigenvalue weighted by atomic mass is 9.94. The van der Waals surface area contributed by atoms with Gasteiger partial charge in [0.15, 0.2) is 0 Å². The molecule has 1 N–H and O–H groups in total. The van der Waals surface area contributed by atoms with Crippen molar-refractivity contribution in [2.75, 3.05) is 0 Å². The second-order valence-corrected chi connectivity index (χ2v) is 6.85. The number of hydrogen-bond acceptors (Lipinski definition) is 4. The summed E-state index contributed by atoms with van der Waals surface area (Å²) in [7, 11) is 0. The molecule has 0 fully saturated rings. The number of aryl methyl sites for hydroxylation is 1. The maximum atomic E-state index is 13.8. The number of hydrogen-bond donors (Lipinski definition) is 1. The first-order chi connectivity index (χ1) is 14.4. The Morgan fingerprint density at radius 3 is 2.43 bits per heavy atom. The Labute approximate surface area is 170 Å². The summed E-state index contributed by atoms with van der Waals surface area (Å²) in [6, 6.07) is 17.8. The highest BCUT2D eigenvalue weighted by Gasteiger charge is 2.34. The third-order valence-electron chi connectivity index (χ3n) is 4.80. The first kappa shape index (κ1) is 19.8. The summed E-state index contributed by atoms with van der Waals surface area (Å²) >= 11 is 0. The minimum atomic E-state index is -4.55. The van der Waals surface area contributed by atoms with E-state index in [-0.39, 0.29) is 29.4 Å². The van der Waals surface area contributed by atoms with E-state index in [2.05, 4.69) is 10.1 Å². The van der Waals surface area contributed by atoms with Crippen LogP contribution in [-0.2, 0) is 12.8 Å². The Morgan fingerprint density at radius 2 is 1.70 bits per heavy atom. The van der Waals surface area contributed by atoms with Crippen molar-refractivity contribution in [3.05, 3.63) is 83.4 Å². The normalized spacial score (nSPS) is 11.6. The molecule has 152 valence electrons. The average Bonchev–Trinajstić information content (AvgIpc) is 3.23. The topological polar surface area (TPSA) is 59.2 Å². The zero-order valence-electron chi connectivity index (χ0n) is 15.9. The molecule has 0 spiro atoms.